The van der Waals surface area contributed by atoms with Crippen LogP contribution < -0.4 is 10.1 Å². The van der Waals surface area contributed by atoms with Gasteiger partial charge >= 0.3 is 6.03 Å². The highest BCUT2D eigenvalue weighted by atomic mass is 16.6. The molecule has 0 radical (unpaired) electrons. The number of ether oxygens (including phenoxy) is 1. The number of urea groups is 1. The zero-order valence-electron chi connectivity index (χ0n) is 20.9. The van der Waals surface area contributed by atoms with E-state index in [1.807, 2.05) is 24.3 Å². The lowest BCUT2D eigenvalue weighted by atomic mass is 9.81. The summed E-state index contributed by atoms with van der Waals surface area (Å²) in [7, 11) is 1.58. The number of non-ortho nitro benzene ring substituents is 1. The number of carbonyl (C=O) groups is 3. The molecule has 0 aromatic heterocycles. The Labute approximate surface area is 215 Å². The monoisotopic (exact) mass is 508 g/mol. The van der Waals surface area contributed by atoms with Crippen LogP contribution in [-0.2, 0) is 22.7 Å². The van der Waals surface area contributed by atoms with E-state index >= 15 is 0 Å². The van der Waals surface area contributed by atoms with E-state index in [1.165, 1.54) is 17.0 Å². The van der Waals surface area contributed by atoms with E-state index in [0.29, 0.717) is 18.7 Å². The molecule has 1 N–H and O–H groups in total. The molecule has 1 saturated heterocycles. The Bertz CT molecular complexity index is 1150. The van der Waals surface area contributed by atoms with E-state index in [4.69, 9.17) is 4.74 Å². The van der Waals surface area contributed by atoms with Crippen molar-refractivity contribution in [2.24, 2.45) is 5.92 Å². The number of amides is 4. The summed E-state index contributed by atoms with van der Waals surface area (Å²) >= 11 is 0. The first-order chi connectivity index (χ1) is 17.9. The van der Waals surface area contributed by atoms with Crippen LogP contribution in [0.1, 0.15) is 49.7 Å². The summed E-state index contributed by atoms with van der Waals surface area (Å²) in [6, 6.07) is 13.1. The van der Waals surface area contributed by atoms with Crippen LogP contribution in [0.2, 0.25) is 0 Å². The first-order valence-corrected chi connectivity index (χ1v) is 12.6. The van der Waals surface area contributed by atoms with Crippen molar-refractivity contribution in [2.75, 3.05) is 13.7 Å². The number of nitrogens with zero attached hydrogens (tertiary/aromatic N) is 3. The molecular formula is C27H32N4O6. The molecule has 0 spiro atoms. The molecule has 2 unspecified atom stereocenters. The number of nitro groups is 1. The summed E-state index contributed by atoms with van der Waals surface area (Å²) in [5.41, 5.74) is 1.63. The van der Waals surface area contributed by atoms with E-state index in [9.17, 15) is 24.5 Å². The average Bonchev–Trinajstić information content (AvgIpc) is 2.92. The second-order valence-electron chi connectivity index (χ2n) is 9.47. The Balaban J connectivity index is 1.37. The lowest BCUT2D eigenvalue weighted by Gasteiger charge is -2.47. The summed E-state index contributed by atoms with van der Waals surface area (Å²) in [4.78, 5) is 52.6. The van der Waals surface area contributed by atoms with Crippen LogP contribution in [0.5, 0.6) is 5.75 Å². The number of methoxy groups -OCH3 is 1. The van der Waals surface area contributed by atoms with E-state index < -0.39 is 4.92 Å². The molecule has 4 rings (SSSR count). The molecule has 2 aromatic rings. The molecule has 0 bridgehead atoms. The Morgan fingerprint density at radius 2 is 1.84 bits per heavy atom. The summed E-state index contributed by atoms with van der Waals surface area (Å²) in [6.07, 6.45) is 3.91. The summed E-state index contributed by atoms with van der Waals surface area (Å²) in [5, 5.41) is 13.8. The van der Waals surface area contributed by atoms with E-state index in [2.05, 4.69) is 5.32 Å². The van der Waals surface area contributed by atoms with Crippen molar-refractivity contribution in [1.29, 1.82) is 0 Å². The van der Waals surface area contributed by atoms with Crippen molar-refractivity contribution in [2.45, 2.75) is 57.7 Å². The van der Waals surface area contributed by atoms with Gasteiger partial charge in [0.1, 0.15) is 5.75 Å². The normalized spacial score (nSPS) is 19.4. The summed E-state index contributed by atoms with van der Waals surface area (Å²) in [5.74, 6) is 0.108. The highest BCUT2D eigenvalue weighted by Crippen LogP contribution is 2.35. The van der Waals surface area contributed by atoms with Crippen molar-refractivity contribution in [3.63, 3.8) is 0 Å². The standard InChI is InChI=1S/C27H32N4O6/c1-37-24-10-5-2-7-20(24)17-28-25(32)11-6-16-29-26(33)22-8-3-4-9-23(22)30(27(29)34)18-19-12-14-21(15-13-19)31(35)36/h2,5,7,10,12-15,22-23H,3-4,6,8-9,11,16-18H2,1H3,(H,28,32). The quantitative estimate of drug-likeness (QED) is 0.382. The Hall–Kier alpha value is -3.95. The first-order valence-electron chi connectivity index (χ1n) is 12.6. The molecule has 2 aliphatic rings. The van der Waals surface area contributed by atoms with Crippen LogP contribution in [0.3, 0.4) is 0 Å². The van der Waals surface area contributed by atoms with Crippen molar-refractivity contribution >= 4 is 23.5 Å². The van der Waals surface area contributed by atoms with Gasteiger partial charge in [0.25, 0.3) is 5.69 Å². The van der Waals surface area contributed by atoms with E-state index in [1.54, 1.807) is 24.1 Å². The highest BCUT2D eigenvalue weighted by molar-refractivity contribution is 5.98. The van der Waals surface area contributed by atoms with Gasteiger partial charge in [0.2, 0.25) is 11.8 Å². The maximum atomic E-state index is 13.4. The number of para-hydroxylation sites is 1. The van der Waals surface area contributed by atoms with Crippen LogP contribution in [-0.4, -0.2) is 52.3 Å². The van der Waals surface area contributed by atoms with Gasteiger partial charge in [0, 0.05) is 49.8 Å². The molecule has 2 atom stereocenters. The van der Waals surface area contributed by atoms with Crippen LogP contribution in [0.4, 0.5) is 10.5 Å². The minimum absolute atomic E-state index is 0.00921. The van der Waals surface area contributed by atoms with Crippen LogP contribution in [0.15, 0.2) is 48.5 Å². The van der Waals surface area contributed by atoms with E-state index in [-0.39, 0.29) is 55.0 Å². The maximum Gasteiger partial charge on any atom is 0.327 e. The number of imide groups is 1. The van der Waals surface area contributed by atoms with Crippen molar-refractivity contribution in [3.8, 4) is 5.75 Å². The lowest BCUT2D eigenvalue weighted by Crippen LogP contribution is -2.62. The number of nitrogens with one attached hydrogen (secondary N) is 1. The van der Waals surface area contributed by atoms with Crippen molar-refractivity contribution in [1.82, 2.24) is 15.1 Å². The number of hydrogen-bond acceptors (Lipinski definition) is 6. The van der Waals surface area contributed by atoms with Crippen LogP contribution >= 0.6 is 0 Å². The number of fused-ring (bicyclic) bond motifs is 1. The van der Waals surface area contributed by atoms with Gasteiger partial charge in [-0.3, -0.25) is 24.6 Å². The van der Waals surface area contributed by atoms with Gasteiger partial charge in [-0.1, -0.05) is 43.2 Å². The predicted octanol–water partition coefficient (Wildman–Crippen LogP) is 4.02. The Morgan fingerprint density at radius 3 is 2.57 bits per heavy atom. The van der Waals surface area contributed by atoms with E-state index in [0.717, 1.165) is 36.8 Å². The molecular weight excluding hydrogens is 476 g/mol. The number of nitro benzene ring substituents is 1. The molecule has 1 aliphatic carbocycles. The van der Waals surface area contributed by atoms with Gasteiger partial charge in [-0.2, -0.15) is 0 Å². The van der Waals surface area contributed by atoms with Gasteiger partial charge in [0.15, 0.2) is 0 Å². The zero-order valence-corrected chi connectivity index (χ0v) is 20.9. The number of rotatable bonds is 10. The third-order valence-electron chi connectivity index (χ3n) is 7.14. The fraction of sp³-hybridized carbons (Fsp3) is 0.444. The third kappa shape index (κ3) is 6.07. The van der Waals surface area contributed by atoms with Crippen LogP contribution in [0, 0.1) is 16.0 Å². The second kappa shape index (κ2) is 11.9. The second-order valence-corrected chi connectivity index (χ2v) is 9.47. The first kappa shape index (κ1) is 26.1. The number of benzene rings is 2. The zero-order chi connectivity index (χ0) is 26.4. The van der Waals surface area contributed by atoms with Crippen molar-refractivity contribution < 1.29 is 24.0 Å². The molecule has 1 aliphatic heterocycles. The molecule has 1 heterocycles. The third-order valence-corrected chi connectivity index (χ3v) is 7.14. The fourth-order valence-electron chi connectivity index (χ4n) is 5.20. The molecule has 10 heteroatoms. The molecule has 10 nitrogen and oxygen atoms in total. The predicted molar refractivity (Wildman–Crippen MR) is 136 cm³/mol. The molecule has 37 heavy (non-hydrogen) atoms. The van der Waals surface area contributed by atoms with Crippen molar-refractivity contribution in [3.05, 3.63) is 69.8 Å². The molecule has 196 valence electrons. The lowest BCUT2D eigenvalue weighted by molar-refractivity contribution is -0.384. The minimum Gasteiger partial charge on any atom is -0.496 e. The van der Waals surface area contributed by atoms with Gasteiger partial charge in [-0.05, 0) is 30.9 Å². The smallest absolute Gasteiger partial charge is 0.327 e. The average molecular weight is 509 g/mol. The van der Waals surface area contributed by atoms with Gasteiger partial charge in [-0.15, -0.1) is 0 Å². The molecule has 4 amide bonds. The SMILES string of the molecule is COc1ccccc1CNC(=O)CCCN1C(=O)C2CCCCC2N(Cc2ccc([N+](=O)[O-])cc2)C1=O. The summed E-state index contributed by atoms with van der Waals surface area (Å²) < 4.78 is 5.31. The fourth-order valence-corrected chi connectivity index (χ4v) is 5.20. The molecule has 1 saturated carbocycles. The Morgan fingerprint density at radius 1 is 1.11 bits per heavy atom. The van der Waals surface area contributed by atoms with Gasteiger partial charge < -0.3 is 15.0 Å². The van der Waals surface area contributed by atoms with Crippen LogP contribution in [0.25, 0.3) is 0 Å². The minimum atomic E-state index is -0.458. The number of carbonyl (C=O) groups excluding carboxylic acids is 3. The molecule has 2 aromatic carbocycles. The largest absolute Gasteiger partial charge is 0.496 e. The summed E-state index contributed by atoms with van der Waals surface area (Å²) in [6.45, 7) is 0.776. The van der Waals surface area contributed by atoms with Gasteiger partial charge in [-0.25, -0.2) is 4.79 Å². The number of hydrogen-bond donors (Lipinski definition) is 1. The highest BCUT2D eigenvalue weighted by Gasteiger charge is 2.46. The maximum absolute atomic E-state index is 13.4. The van der Waals surface area contributed by atoms with Gasteiger partial charge in [0.05, 0.1) is 18.0 Å². The molecule has 2 fully saturated rings. The Kier molecular flexibility index (Phi) is 8.37. The topological polar surface area (TPSA) is 122 Å².